The monoisotopic (exact) mass is 499 g/mol. The molecule has 9 nitrogen and oxygen atoms in total. The van der Waals surface area contributed by atoms with Crippen LogP contribution in [0.15, 0.2) is 42.5 Å². The lowest BCUT2D eigenvalue weighted by Gasteiger charge is -2.34. The number of amides is 3. The van der Waals surface area contributed by atoms with Gasteiger partial charge in [0, 0.05) is 12.2 Å². The van der Waals surface area contributed by atoms with Crippen molar-refractivity contribution in [2.45, 2.75) is 59.2 Å². The highest BCUT2D eigenvalue weighted by molar-refractivity contribution is 5.99. The lowest BCUT2D eigenvalue weighted by Crippen LogP contribution is -2.54. The molecule has 3 amide bonds. The maximum Gasteiger partial charge on any atom is 0.408 e. The van der Waals surface area contributed by atoms with E-state index in [0.717, 1.165) is 21.6 Å². The van der Waals surface area contributed by atoms with E-state index in [1.54, 1.807) is 32.9 Å². The first kappa shape index (κ1) is 28.8. The molecular weight excluding hydrogens is 462 g/mol. The van der Waals surface area contributed by atoms with Crippen LogP contribution >= 0.6 is 0 Å². The van der Waals surface area contributed by atoms with Crippen LogP contribution in [-0.2, 0) is 14.3 Å². The summed E-state index contributed by atoms with van der Waals surface area (Å²) in [6.45, 7) is 9.29. The van der Waals surface area contributed by atoms with Gasteiger partial charge in [-0.15, -0.1) is 0 Å². The fourth-order valence-corrected chi connectivity index (χ4v) is 3.73. The van der Waals surface area contributed by atoms with Gasteiger partial charge in [-0.1, -0.05) is 48.0 Å². The van der Waals surface area contributed by atoms with Gasteiger partial charge in [0.1, 0.15) is 17.7 Å². The lowest BCUT2D eigenvalue weighted by atomic mass is 10.0. The van der Waals surface area contributed by atoms with Crippen molar-refractivity contribution in [1.82, 2.24) is 10.2 Å². The smallest absolute Gasteiger partial charge is 0.408 e. The molecule has 0 heterocycles. The zero-order valence-electron chi connectivity index (χ0n) is 21.8. The predicted molar refractivity (Wildman–Crippen MR) is 138 cm³/mol. The van der Waals surface area contributed by atoms with Crippen molar-refractivity contribution in [2.75, 3.05) is 25.1 Å². The number of aryl methyl sites for hydroxylation is 3. The van der Waals surface area contributed by atoms with E-state index >= 15 is 0 Å². The van der Waals surface area contributed by atoms with Gasteiger partial charge < -0.3 is 30.5 Å². The lowest BCUT2D eigenvalue weighted by molar-refractivity contribution is -0.142. The molecule has 0 saturated carbocycles. The number of alkyl carbamates (subject to hydrolysis) is 1. The fraction of sp³-hybridized carbons (Fsp3) is 0.444. The van der Waals surface area contributed by atoms with E-state index in [2.05, 4.69) is 10.6 Å². The highest BCUT2D eigenvalue weighted by atomic mass is 16.6. The van der Waals surface area contributed by atoms with Crippen molar-refractivity contribution in [3.63, 3.8) is 0 Å². The maximum atomic E-state index is 13.7. The molecule has 0 saturated heterocycles. The van der Waals surface area contributed by atoms with Crippen molar-refractivity contribution < 1.29 is 29.3 Å². The molecule has 196 valence electrons. The van der Waals surface area contributed by atoms with Crippen LogP contribution in [0.25, 0.3) is 0 Å². The summed E-state index contributed by atoms with van der Waals surface area (Å²) in [7, 11) is 0. The van der Waals surface area contributed by atoms with Crippen LogP contribution in [-0.4, -0.2) is 64.4 Å². The van der Waals surface area contributed by atoms with Crippen LogP contribution in [0, 0.1) is 20.8 Å². The molecule has 0 bridgehead atoms. The number of nitrogens with zero attached hydrogens (tertiary/aromatic N) is 1. The molecular formula is C27H37N3O6. The Morgan fingerprint density at radius 2 is 1.56 bits per heavy atom. The van der Waals surface area contributed by atoms with E-state index in [4.69, 9.17) is 4.74 Å². The summed E-state index contributed by atoms with van der Waals surface area (Å²) >= 11 is 0. The van der Waals surface area contributed by atoms with Crippen LogP contribution in [0.1, 0.15) is 49.1 Å². The number of anilines is 1. The van der Waals surface area contributed by atoms with Crippen molar-refractivity contribution in [3.8, 4) is 0 Å². The van der Waals surface area contributed by atoms with Crippen molar-refractivity contribution in [3.05, 3.63) is 64.7 Å². The number of hydrogen-bond donors (Lipinski definition) is 4. The maximum absolute atomic E-state index is 13.7. The molecule has 2 rings (SSSR count). The van der Waals surface area contributed by atoms with Gasteiger partial charge in [0.15, 0.2) is 0 Å². The first-order chi connectivity index (χ1) is 16.9. The molecule has 4 N–H and O–H groups in total. The highest BCUT2D eigenvalue weighted by Crippen LogP contribution is 2.27. The summed E-state index contributed by atoms with van der Waals surface area (Å²) in [6.07, 6.45) is -0.884. The minimum atomic E-state index is -1.38. The summed E-state index contributed by atoms with van der Waals surface area (Å²) in [6, 6.07) is 10.2. The first-order valence-electron chi connectivity index (χ1n) is 11.8. The summed E-state index contributed by atoms with van der Waals surface area (Å²) in [5.74, 6) is -1.23. The van der Waals surface area contributed by atoms with Gasteiger partial charge in [0.2, 0.25) is 5.91 Å². The number of aliphatic hydroxyl groups excluding tert-OH is 2. The van der Waals surface area contributed by atoms with Gasteiger partial charge in [-0.25, -0.2) is 4.79 Å². The largest absolute Gasteiger partial charge is 0.444 e. The van der Waals surface area contributed by atoms with E-state index in [9.17, 15) is 24.6 Å². The topological polar surface area (TPSA) is 128 Å². The predicted octanol–water partition coefficient (Wildman–Crippen LogP) is 3.00. The zero-order valence-corrected chi connectivity index (χ0v) is 21.8. The van der Waals surface area contributed by atoms with Crippen LogP contribution < -0.4 is 10.6 Å². The van der Waals surface area contributed by atoms with E-state index in [1.165, 1.54) is 0 Å². The number of carbonyl (C=O) groups excluding carboxylic acids is 3. The van der Waals surface area contributed by atoms with E-state index in [-0.39, 0.29) is 6.54 Å². The number of benzene rings is 2. The summed E-state index contributed by atoms with van der Waals surface area (Å²) in [5, 5.41) is 25.0. The molecule has 2 atom stereocenters. The Balaban J connectivity index is 2.47. The average molecular weight is 500 g/mol. The molecule has 2 aromatic rings. The third kappa shape index (κ3) is 7.79. The second kappa shape index (κ2) is 12.5. The Hall–Kier alpha value is -3.43. The molecule has 36 heavy (non-hydrogen) atoms. The van der Waals surface area contributed by atoms with Gasteiger partial charge >= 0.3 is 6.09 Å². The third-order valence-electron chi connectivity index (χ3n) is 5.48. The van der Waals surface area contributed by atoms with Gasteiger partial charge in [0.05, 0.1) is 13.2 Å². The summed E-state index contributed by atoms with van der Waals surface area (Å²) < 4.78 is 5.21. The Labute approximate surface area is 212 Å². The minimum absolute atomic E-state index is 0.204. The normalized spacial score (nSPS) is 12.9. The first-order valence-corrected chi connectivity index (χ1v) is 11.8. The molecule has 9 heteroatoms. The van der Waals surface area contributed by atoms with Crippen molar-refractivity contribution in [2.24, 2.45) is 0 Å². The van der Waals surface area contributed by atoms with Gasteiger partial charge in [-0.2, -0.15) is 0 Å². The Bertz CT molecular complexity index is 1040. The van der Waals surface area contributed by atoms with Crippen molar-refractivity contribution in [1.29, 1.82) is 0 Å². The van der Waals surface area contributed by atoms with Crippen LogP contribution in [0.4, 0.5) is 10.5 Å². The van der Waals surface area contributed by atoms with E-state index in [0.29, 0.717) is 11.3 Å². The third-order valence-corrected chi connectivity index (χ3v) is 5.48. The average Bonchev–Trinajstić information content (AvgIpc) is 2.79. The summed E-state index contributed by atoms with van der Waals surface area (Å²) in [5.41, 5.74) is 3.00. The molecule has 2 unspecified atom stereocenters. The highest BCUT2D eigenvalue weighted by Gasteiger charge is 2.36. The molecule has 0 aromatic heterocycles. The number of para-hydroxylation sites is 1. The Kier molecular flexibility index (Phi) is 10.0. The number of rotatable bonds is 9. The molecule has 2 aromatic carbocycles. The van der Waals surface area contributed by atoms with E-state index in [1.807, 2.05) is 51.1 Å². The van der Waals surface area contributed by atoms with E-state index < -0.39 is 48.8 Å². The summed E-state index contributed by atoms with van der Waals surface area (Å²) in [4.78, 5) is 40.7. The molecule has 0 radical (unpaired) electrons. The number of hydrogen-bond acceptors (Lipinski definition) is 6. The fourth-order valence-electron chi connectivity index (χ4n) is 3.73. The van der Waals surface area contributed by atoms with Gasteiger partial charge in [0.25, 0.3) is 5.91 Å². The zero-order chi connectivity index (χ0) is 27.0. The molecule has 0 fully saturated rings. The molecule has 0 aliphatic heterocycles. The number of ether oxygens (including phenoxy) is 1. The quantitative estimate of drug-likeness (QED) is 0.420. The van der Waals surface area contributed by atoms with Crippen LogP contribution in [0.2, 0.25) is 0 Å². The second-order valence-electron chi connectivity index (χ2n) is 9.71. The van der Waals surface area contributed by atoms with Crippen molar-refractivity contribution >= 4 is 23.6 Å². The number of aliphatic hydroxyl groups is 2. The van der Waals surface area contributed by atoms with Crippen LogP contribution in [0.3, 0.4) is 0 Å². The van der Waals surface area contributed by atoms with Gasteiger partial charge in [-0.3, -0.25) is 9.59 Å². The molecule has 0 aliphatic rings. The second-order valence-corrected chi connectivity index (χ2v) is 9.71. The molecule has 0 aliphatic carbocycles. The SMILES string of the molecule is Cc1ccc(C(C(=O)Nc2c(C)cccc2C)N(CCO)C(=O)C(CO)NC(=O)OC(C)(C)C)cc1. The molecule has 0 spiro atoms. The number of nitrogens with one attached hydrogen (secondary N) is 2. The Morgan fingerprint density at radius 1 is 0.972 bits per heavy atom. The number of carbonyl (C=O) groups is 3. The standard InChI is InChI=1S/C27H37N3O6/c1-17-10-12-20(13-11-17)23(24(33)29-22-18(2)8-7-9-19(22)3)30(14-15-31)25(34)21(16-32)28-26(35)36-27(4,5)6/h7-13,21,23,31-32H,14-16H2,1-6H3,(H,28,35)(H,29,33). The Morgan fingerprint density at radius 3 is 2.06 bits per heavy atom. The van der Waals surface area contributed by atoms with Crippen LogP contribution in [0.5, 0.6) is 0 Å². The minimum Gasteiger partial charge on any atom is -0.444 e. The van der Waals surface area contributed by atoms with Gasteiger partial charge in [-0.05, 0) is 58.2 Å².